The topological polar surface area (TPSA) is 55.4 Å². The molecule has 0 fully saturated rings. The van der Waals surface area contributed by atoms with E-state index in [1.54, 1.807) is 12.1 Å². The first-order valence-electron chi connectivity index (χ1n) is 7.78. The normalized spacial score (nSPS) is 10.5. The summed E-state index contributed by atoms with van der Waals surface area (Å²) in [7, 11) is 1.32. The van der Waals surface area contributed by atoms with Crippen molar-refractivity contribution in [2.75, 3.05) is 7.11 Å². The van der Waals surface area contributed by atoms with Gasteiger partial charge < -0.3 is 10.1 Å². The minimum atomic E-state index is -0.438. The van der Waals surface area contributed by atoms with Crippen LogP contribution in [0.15, 0.2) is 72.8 Å². The first-order chi connectivity index (χ1) is 12.2. The average molecular weight is 351 g/mol. The minimum absolute atomic E-state index is 0.224. The second-order valence-corrected chi connectivity index (χ2v) is 6.47. The highest BCUT2D eigenvalue weighted by molar-refractivity contribution is 7.15. The van der Waals surface area contributed by atoms with Crippen molar-refractivity contribution in [3.8, 4) is 0 Å². The van der Waals surface area contributed by atoms with E-state index in [1.165, 1.54) is 7.11 Å². The Morgan fingerprint density at radius 3 is 1.88 bits per heavy atom. The molecule has 1 N–H and O–H groups in total. The Hall–Kier alpha value is -2.92. The fourth-order valence-electron chi connectivity index (χ4n) is 2.52. The summed E-state index contributed by atoms with van der Waals surface area (Å²) in [6.45, 7) is 0. The van der Waals surface area contributed by atoms with E-state index in [9.17, 15) is 9.59 Å². The molecule has 0 aliphatic carbocycles. The maximum Gasteiger partial charge on any atom is 0.348 e. The Morgan fingerprint density at radius 2 is 1.36 bits per heavy atom. The fourth-order valence-corrected chi connectivity index (χ4v) is 3.35. The second kappa shape index (κ2) is 7.77. The van der Waals surface area contributed by atoms with Gasteiger partial charge in [-0.2, -0.15) is 0 Å². The third kappa shape index (κ3) is 3.95. The number of nitrogens with one attached hydrogen (secondary N) is 1. The van der Waals surface area contributed by atoms with Crippen molar-refractivity contribution >= 4 is 23.2 Å². The van der Waals surface area contributed by atoms with Crippen LogP contribution in [0.3, 0.4) is 0 Å². The quantitative estimate of drug-likeness (QED) is 0.706. The lowest BCUT2D eigenvalue weighted by molar-refractivity contribution is 0.0606. The zero-order chi connectivity index (χ0) is 17.6. The number of thiophene rings is 1. The molecular formula is C20H17NO3S. The summed E-state index contributed by atoms with van der Waals surface area (Å²) in [5.74, 6) is -0.662. The molecule has 4 nitrogen and oxygen atoms in total. The van der Waals surface area contributed by atoms with Crippen LogP contribution in [0.1, 0.15) is 36.5 Å². The van der Waals surface area contributed by atoms with Gasteiger partial charge in [-0.25, -0.2) is 4.79 Å². The first kappa shape index (κ1) is 16.9. The van der Waals surface area contributed by atoms with Gasteiger partial charge in [0.25, 0.3) is 5.91 Å². The van der Waals surface area contributed by atoms with Crippen LogP contribution in [-0.4, -0.2) is 19.0 Å². The highest BCUT2D eigenvalue weighted by Gasteiger charge is 2.20. The maximum absolute atomic E-state index is 12.7. The molecule has 1 aromatic heterocycles. The molecule has 0 aliphatic heterocycles. The first-order valence-corrected chi connectivity index (χ1v) is 8.59. The van der Waals surface area contributed by atoms with Crippen LogP contribution in [0.2, 0.25) is 0 Å². The van der Waals surface area contributed by atoms with Crippen LogP contribution < -0.4 is 5.32 Å². The summed E-state index contributed by atoms with van der Waals surface area (Å²) in [6.07, 6.45) is 0. The van der Waals surface area contributed by atoms with Crippen molar-refractivity contribution < 1.29 is 14.3 Å². The maximum atomic E-state index is 12.7. The van der Waals surface area contributed by atoms with Gasteiger partial charge in [-0.3, -0.25) is 4.79 Å². The van der Waals surface area contributed by atoms with Crippen LogP contribution in [0.25, 0.3) is 0 Å². The summed E-state index contributed by atoms with van der Waals surface area (Å²) in [6, 6.07) is 22.5. The Balaban J connectivity index is 1.87. The van der Waals surface area contributed by atoms with Crippen LogP contribution in [0, 0.1) is 0 Å². The Labute approximate surface area is 150 Å². The predicted molar refractivity (Wildman–Crippen MR) is 97.9 cm³/mol. The molecule has 0 radical (unpaired) electrons. The number of carbonyl (C=O) groups excluding carboxylic acids is 2. The van der Waals surface area contributed by atoms with Gasteiger partial charge in [0, 0.05) is 0 Å². The van der Waals surface area contributed by atoms with E-state index in [0.717, 1.165) is 22.5 Å². The van der Waals surface area contributed by atoms with Gasteiger partial charge in [0.2, 0.25) is 0 Å². The third-order valence-electron chi connectivity index (χ3n) is 3.76. The molecule has 3 aromatic rings. The van der Waals surface area contributed by atoms with E-state index < -0.39 is 5.97 Å². The summed E-state index contributed by atoms with van der Waals surface area (Å²) >= 11 is 1.12. The molecule has 1 amide bonds. The van der Waals surface area contributed by atoms with Gasteiger partial charge in [0.1, 0.15) is 4.88 Å². The number of rotatable bonds is 5. The van der Waals surface area contributed by atoms with E-state index in [2.05, 4.69) is 10.1 Å². The van der Waals surface area contributed by atoms with Crippen molar-refractivity contribution in [3.05, 3.63) is 93.7 Å². The molecule has 0 saturated carbocycles. The largest absolute Gasteiger partial charge is 0.465 e. The number of esters is 1. The van der Waals surface area contributed by atoms with E-state index in [0.29, 0.717) is 9.75 Å². The highest BCUT2D eigenvalue weighted by Crippen LogP contribution is 2.24. The molecule has 5 heteroatoms. The predicted octanol–water partition coefficient (Wildman–Crippen LogP) is 4.05. The van der Waals surface area contributed by atoms with Gasteiger partial charge in [-0.15, -0.1) is 11.3 Å². The van der Waals surface area contributed by atoms with Gasteiger partial charge >= 0.3 is 5.97 Å². The molecule has 0 unspecified atom stereocenters. The van der Waals surface area contributed by atoms with Crippen LogP contribution >= 0.6 is 11.3 Å². The van der Waals surface area contributed by atoms with Crippen LogP contribution in [0.5, 0.6) is 0 Å². The molecule has 2 aromatic carbocycles. The molecule has 1 heterocycles. The SMILES string of the molecule is COC(=O)c1ccc(C(=O)NC(c2ccccc2)c2ccccc2)s1. The lowest BCUT2D eigenvalue weighted by Crippen LogP contribution is -2.28. The van der Waals surface area contributed by atoms with Crippen molar-refractivity contribution in [3.63, 3.8) is 0 Å². The van der Waals surface area contributed by atoms with Gasteiger partial charge in [-0.1, -0.05) is 60.7 Å². The number of benzene rings is 2. The zero-order valence-corrected chi connectivity index (χ0v) is 14.5. The highest BCUT2D eigenvalue weighted by atomic mass is 32.1. The number of hydrogen-bond donors (Lipinski definition) is 1. The number of methoxy groups -OCH3 is 1. The van der Waals surface area contributed by atoms with Crippen LogP contribution in [-0.2, 0) is 4.74 Å². The zero-order valence-electron chi connectivity index (χ0n) is 13.6. The lowest BCUT2D eigenvalue weighted by atomic mass is 9.98. The standard InChI is InChI=1S/C20H17NO3S/c1-24-20(23)17-13-12-16(25-17)19(22)21-18(14-8-4-2-5-9-14)15-10-6-3-7-11-15/h2-13,18H,1H3,(H,21,22). The Morgan fingerprint density at radius 1 is 0.840 bits per heavy atom. The Kier molecular flexibility index (Phi) is 5.26. The summed E-state index contributed by atoms with van der Waals surface area (Å²) in [4.78, 5) is 25.1. The van der Waals surface area contributed by atoms with Crippen molar-refractivity contribution in [1.82, 2.24) is 5.32 Å². The Bertz CT molecular complexity index is 819. The number of hydrogen-bond acceptors (Lipinski definition) is 4. The molecule has 0 spiro atoms. The molecule has 25 heavy (non-hydrogen) atoms. The fraction of sp³-hybridized carbons (Fsp3) is 0.100. The minimum Gasteiger partial charge on any atom is -0.465 e. The average Bonchev–Trinajstić information content (AvgIpc) is 3.17. The van der Waals surface area contributed by atoms with E-state index in [4.69, 9.17) is 0 Å². The molecule has 0 aliphatic rings. The lowest BCUT2D eigenvalue weighted by Gasteiger charge is -2.19. The molecule has 0 bridgehead atoms. The van der Waals surface area contributed by atoms with Gasteiger partial charge in [0.15, 0.2) is 0 Å². The monoisotopic (exact) mass is 351 g/mol. The molecule has 126 valence electrons. The molecule has 3 rings (SSSR count). The third-order valence-corrected chi connectivity index (χ3v) is 4.82. The summed E-state index contributed by atoms with van der Waals surface area (Å²) in [5.41, 5.74) is 1.98. The molecule has 0 saturated heterocycles. The van der Waals surface area contributed by atoms with Crippen molar-refractivity contribution in [1.29, 1.82) is 0 Å². The smallest absolute Gasteiger partial charge is 0.348 e. The number of ether oxygens (including phenoxy) is 1. The molecular weight excluding hydrogens is 334 g/mol. The number of carbonyl (C=O) groups is 2. The van der Waals surface area contributed by atoms with E-state index in [1.807, 2.05) is 60.7 Å². The van der Waals surface area contributed by atoms with Crippen molar-refractivity contribution in [2.45, 2.75) is 6.04 Å². The number of amides is 1. The summed E-state index contributed by atoms with van der Waals surface area (Å²) in [5, 5.41) is 3.06. The van der Waals surface area contributed by atoms with Gasteiger partial charge in [-0.05, 0) is 23.3 Å². The molecule has 0 atom stereocenters. The summed E-state index contributed by atoms with van der Waals surface area (Å²) < 4.78 is 4.69. The van der Waals surface area contributed by atoms with Crippen molar-refractivity contribution in [2.24, 2.45) is 0 Å². The van der Waals surface area contributed by atoms with E-state index >= 15 is 0 Å². The second-order valence-electron chi connectivity index (χ2n) is 5.38. The van der Waals surface area contributed by atoms with Crippen LogP contribution in [0.4, 0.5) is 0 Å². The van der Waals surface area contributed by atoms with Gasteiger partial charge in [0.05, 0.1) is 18.0 Å². The van der Waals surface area contributed by atoms with E-state index in [-0.39, 0.29) is 11.9 Å².